The third-order valence-corrected chi connectivity index (χ3v) is 5.20. The minimum Gasteiger partial charge on any atom is -0.483 e. The molecule has 2 aromatic rings. The highest BCUT2D eigenvalue weighted by atomic mass is 16.5. The Kier molecular flexibility index (Phi) is 5.77. The van der Waals surface area contributed by atoms with Crippen LogP contribution in [0.5, 0.6) is 5.75 Å². The molecule has 0 spiro atoms. The Bertz CT molecular complexity index is 782. The van der Waals surface area contributed by atoms with Gasteiger partial charge in [-0.05, 0) is 65.9 Å². The molecule has 3 rings (SSSR count). The largest absolute Gasteiger partial charge is 0.483 e. The summed E-state index contributed by atoms with van der Waals surface area (Å²) in [6, 6.07) is 8.36. The Hall–Kier alpha value is -2.14. The van der Waals surface area contributed by atoms with Gasteiger partial charge in [-0.3, -0.25) is 9.78 Å². The number of fused-ring (bicyclic) bond motifs is 1. The lowest BCUT2D eigenvalue weighted by Crippen LogP contribution is -2.47. The average Bonchev–Trinajstić information content (AvgIpc) is 2.62. The molecule has 1 aliphatic heterocycles. The number of aryl methyl sites for hydroxylation is 2. The second kappa shape index (κ2) is 8.04. The second-order valence-electron chi connectivity index (χ2n) is 7.29. The van der Waals surface area contributed by atoms with Crippen molar-refractivity contribution in [1.29, 1.82) is 0 Å². The van der Waals surface area contributed by atoms with Crippen LogP contribution in [-0.4, -0.2) is 60.0 Å². The van der Waals surface area contributed by atoms with E-state index in [2.05, 4.69) is 23.0 Å². The molecule has 26 heavy (non-hydrogen) atoms. The normalized spacial score (nSPS) is 16.0. The maximum Gasteiger partial charge on any atom is 0.260 e. The van der Waals surface area contributed by atoms with Crippen molar-refractivity contribution < 1.29 is 9.53 Å². The van der Waals surface area contributed by atoms with Crippen molar-refractivity contribution in [3.8, 4) is 5.75 Å². The van der Waals surface area contributed by atoms with Gasteiger partial charge in [-0.1, -0.05) is 11.6 Å². The third-order valence-electron chi connectivity index (χ3n) is 5.20. The zero-order chi connectivity index (χ0) is 18.7. The number of pyridine rings is 1. The summed E-state index contributed by atoms with van der Waals surface area (Å²) in [7, 11) is 2.14. The maximum absolute atomic E-state index is 12.8. The number of hydrogen-bond acceptors (Lipinski definition) is 4. The van der Waals surface area contributed by atoms with Crippen LogP contribution in [0.1, 0.15) is 31.0 Å². The van der Waals surface area contributed by atoms with E-state index < -0.39 is 0 Å². The van der Waals surface area contributed by atoms with E-state index >= 15 is 0 Å². The minimum absolute atomic E-state index is 0.0670. The molecule has 1 aromatic carbocycles. The van der Waals surface area contributed by atoms with Gasteiger partial charge in [0.25, 0.3) is 5.91 Å². The van der Waals surface area contributed by atoms with Crippen LogP contribution in [0.3, 0.4) is 0 Å². The Morgan fingerprint density at radius 3 is 2.69 bits per heavy atom. The number of hydrogen-bond donors (Lipinski definition) is 0. The van der Waals surface area contributed by atoms with Crippen LogP contribution >= 0.6 is 0 Å². The van der Waals surface area contributed by atoms with Gasteiger partial charge in [-0.15, -0.1) is 0 Å². The van der Waals surface area contributed by atoms with Crippen molar-refractivity contribution in [3.63, 3.8) is 0 Å². The van der Waals surface area contributed by atoms with Crippen LogP contribution in [0.4, 0.5) is 0 Å². The molecule has 1 amide bonds. The molecular formula is C21H29N3O2. The number of likely N-dealkylation sites (tertiary alicyclic amines) is 1. The number of carbonyl (C=O) groups excluding carboxylic acids is 1. The van der Waals surface area contributed by atoms with Gasteiger partial charge in [0.2, 0.25) is 0 Å². The summed E-state index contributed by atoms with van der Waals surface area (Å²) in [5, 5.41) is 0.964. The molecule has 0 bridgehead atoms. The number of aromatic nitrogens is 1. The van der Waals surface area contributed by atoms with Gasteiger partial charge in [-0.25, -0.2) is 0 Å². The lowest BCUT2D eigenvalue weighted by molar-refractivity contribution is -0.136. The molecule has 1 aliphatic rings. The first-order chi connectivity index (χ1) is 12.5. The van der Waals surface area contributed by atoms with E-state index in [0.29, 0.717) is 6.04 Å². The number of carbonyl (C=O) groups is 1. The van der Waals surface area contributed by atoms with Crippen LogP contribution in [0, 0.1) is 13.8 Å². The number of rotatable bonds is 5. The lowest BCUT2D eigenvalue weighted by atomic mass is 10.0. The fourth-order valence-electron chi connectivity index (χ4n) is 3.72. The highest BCUT2D eigenvalue weighted by Gasteiger charge is 2.26. The lowest BCUT2D eigenvalue weighted by Gasteiger charge is -2.36. The Morgan fingerprint density at radius 1 is 1.27 bits per heavy atom. The summed E-state index contributed by atoms with van der Waals surface area (Å²) in [5.74, 6) is 0.807. The molecule has 5 nitrogen and oxygen atoms in total. The molecule has 0 atom stereocenters. The van der Waals surface area contributed by atoms with E-state index in [1.165, 1.54) is 0 Å². The summed E-state index contributed by atoms with van der Waals surface area (Å²) in [4.78, 5) is 21.6. The molecule has 1 saturated heterocycles. The second-order valence-corrected chi connectivity index (χ2v) is 7.29. The molecule has 1 aromatic heterocycles. The molecule has 2 heterocycles. The van der Waals surface area contributed by atoms with Crippen molar-refractivity contribution in [1.82, 2.24) is 14.8 Å². The van der Waals surface area contributed by atoms with Crippen LogP contribution in [0.25, 0.3) is 10.9 Å². The summed E-state index contributed by atoms with van der Waals surface area (Å²) < 4.78 is 5.97. The van der Waals surface area contributed by atoms with Gasteiger partial charge < -0.3 is 14.5 Å². The van der Waals surface area contributed by atoms with Crippen molar-refractivity contribution >= 4 is 16.8 Å². The van der Waals surface area contributed by atoms with Gasteiger partial charge >= 0.3 is 0 Å². The first kappa shape index (κ1) is 18.6. The number of likely N-dealkylation sites (N-methyl/N-ethyl adjacent to an activating group) is 1. The smallest absolute Gasteiger partial charge is 0.260 e. The first-order valence-electron chi connectivity index (χ1n) is 9.46. The SMILES string of the molecule is CCN(C(=O)COc1cc(C)nc2ccc(C)cc12)C1CCN(C)CC1. The Balaban J connectivity index is 1.72. The van der Waals surface area contributed by atoms with Crippen molar-refractivity contribution in [2.45, 2.75) is 39.7 Å². The highest BCUT2D eigenvalue weighted by Crippen LogP contribution is 2.26. The fourth-order valence-corrected chi connectivity index (χ4v) is 3.72. The quantitative estimate of drug-likeness (QED) is 0.826. The van der Waals surface area contributed by atoms with E-state index in [9.17, 15) is 4.79 Å². The summed E-state index contributed by atoms with van der Waals surface area (Å²) >= 11 is 0. The van der Waals surface area contributed by atoms with Gasteiger partial charge in [0, 0.05) is 29.7 Å². The van der Waals surface area contributed by atoms with Crippen molar-refractivity contribution in [2.75, 3.05) is 33.3 Å². The van der Waals surface area contributed by atoms with Crippen LogP contribution in [-0.2, 0) is 4.79 Å². The highest BCUT2D eigenvalue weighted by molar-refractivity contribution is 5.86. The molecule has 0 unspecified atom stereocenters. The predicted octanol–water partition coefficient (Wildman–Crippen LogP) is 3.17. The molecular weight excluding hydrogens is 326 g/mol. The number of benzene rings is 1. The zero-order valence-electron chi connectivity index (χ0n) is 16.3. The molecule has 140 valence electrons. The van der Waals surface area contributed by atoms with Gasteiger partial charge in [0.1, 0.15) is 5.75 Å². The van der Waals surface area contributed by atoms with Crippen molar-refractivity contribution in [2.24, 2.45) is 0 Å². The van der Waals surface area contributed by atoms with E-state index in [0.717, 1.165) is 60.4 Å². The van der Waals surface area contributed by atoms with Crippen molar-refractivity contribution in [3.05, 3.63) is 35.5 Å². The number of amides is 1. The van der Waals surface area contributed by atoms with Gasteiger partial charge in [0.15, 0.2) is 6.61 Å². The molecule has 0 saturated carbocycles. The summed E-state index contributed by atoms with van der Waals surface area (Å²) in [5.41, 5.74) is 2.95. The molecule has 5 heteroatoms. The van der Waals surface area contributed by atoms with Gasteiger partial charge in [0.05, 0.1) is 5.52 Å². The van der Waals surface area contributed by atoms with Gasteiger partial charge in [-0.2, -0.15) is 0 Å². The van der Waals surface area contributed by atoms with E-state index in [-0.39, 0.29) is 12.5 Å². The summed E-state index contributed by atoms with van der Waals surface area (Å²) in [6.45, 7) is 8.94. The first-order valence-corrected chi connectivity index (χ1v) is 9.46. The van der Waals surface area contributed by atoms with Crippen LogP contribution < -0.4 is 4.74 Å². The number of piperidine rings is 1. The molecule has 1 fully saturated rings. The Labute approximate surface area is 156 Å². The van der Waals surface area contributed by atoms with Crippen LogP contribution in [0.2, 0.25) is 0 Å². The summed E-state index contributed by atoms with van der Waals surface area (Å²) in [6.07, 6.45) is 2.07. The van der Waals surface area contributed by atoms with E-state index in [1.54, 1.807) is 0 Å². The predicted molar refractivity (Wildman–Crippen MR) is 105 cm³/mol. The molecule has 0 radical (unpaired) electrons. The van der Waals surface area contributed by atoms with E-state index in [1.807, 2.05) is 43.9 Å². The standard InChI is InChI=1S/C21H29N3O2/c1-5-24(17-8-10-23(4)11-9-17)21(25)14-26-20-13-16(3)22-19-7-6-15(2)12-18(19)20/h6-7,12-13,17H,5,8-11,14H2,1-4H3. The van der Waals surface area contributed by atoms with Crippen LogP contribution in [0.15, 0.2) is 24.3 Å². The number of nitrogens with zero attached hydrogens (tertiary/aromatic N) is 3. The Morgan fingerprint density at radius 2 is 2.00 bits per heavy atom. The molecule has 0 N–H and O–H groups in total. The average molecular weight is 355 g/mol. The maximum atomic E-state index is 12.8. The minimum atomic E-state index is 0.0670. The number of ether oxygens (including phenoxy) is 1. The topological polar surface area (TPSA) is 45.7 Å². The monoisotopic (exact) mass is 355 g/mol. The zero-order valence-corrected chi connectivity index (χ0v) is 16.3. The fraction of sp³-hybridized carbons (Fsp3) is 0.524. The van der Waals surface area contributed by atoms with E-state index in [4.69, 9.17) is 4.74 Å². The molecule has 0 aliphatic carbocycles. The third kappa shape index (κ3) is 4.15.